The molecule has 2 heterocycles. The van der Waals surface area contributed by atoms with Gasteiger partial charge in [0.05, 0.1) is 25.5 Å². The van der Waals surface area contributed by atoms with E-state index in [4.69, 9.17) is 9.15 Å². The molecule has 128 valence electrons. The third kappa shape index (κ3) is 3.46. The lowest BCUT2D eigenvalue weighted by Gasteiger charge is -2.33. The number of ether oxygens (including phenoxy) is 1. The summed E-state index contributed by atoms with van der Waals surface area (Å²) in [7, 11) is 0. The van der Waals surface area contributed by atoms with Crippen molar-refractivity contribution in [1.29, 1.82) is 0 Å². The molecule has 5 nitrogen and oxygen atoms in total. The molecular weight excluding hydrogens is 304 g/mol. The molecule has 0 saturated carbocycles. The molecular formula is C19H24N2O3. The van der Waals surface area contributed by atoms with Gasteiger partial charge in [-0.2, -0.15) is 0 Å². The number of nitrogens with zero attached hydrogens (tertiary/aromatic N) is 1. The topological polar surface area (TPSA) is 54.7 Å². The molecule has 1 aliphatic rings. The number of morpholine rings is 1. The predicted molar refractivity (Wildman–Crippen MR) is 91.8 cm³/mol. The minimum Gasteiger partial charge on any atom is -0.467 e. The Balaban J connectivity index is 1.65. The Morgan fingerprint density at radius 1 is 1.29 bits per heavy atom. The van der Waals surface area contributed by atoms with Crippen molar-refractivity contribution in [2.75, 3.05) is 19.7 Å². The van der Waals surface area contributed by atoms with Gasteiger partial charge in [0.25, 0.3) is 0 Å². The first-order chi connectivity index (χ1) is 11.6. The quantitative estimate of drug-likeness (QED) is 0.934. The molecule has 1 N–H and O–H groups in total. The molecule has 1 aromatic heterocycles. The molecule has 1 aliphatic heterocycles. The van der Waals surface area contributed by atoms with Crippen LogP contribution in [0.15, 0.2) is 41.0 Å². The van der Waals surface area contributed by atoms with Crippen LogP contribution < -0.4 is 5.32 Å². The van der Waals surface area contributed by atoms with E-state index in [0.29, 0.717) is 19.7 Å². The zero-order valence-corrected chi connectivity index (χ0v) is 14.4. The van der Waals surface area contributed by atoms with Gasteiger partial charge in [-0.1, -0.05) is 18.2 Å². The van der Waals surface area contributed by atoms with Crippen LogP contribution in [0.4, 0.5) is 4.79 Å². The highest BCUT2D eigenvalue weighted by Crippen LogP contribution is 2.24. The molecule has 0 bridgehead atoms. The summed E-state index contributed by atoms with van der Waals surface area (Å²) in [5.74, 6) is 0.759. The number of furan rings is 1. The van der Waals surface area contributed by atoms with Crippen molar-refractivity contribution in [2.24, 2.45) is 0 Å². The summed E-state index contributed by atoms with van der Waals surface area (Å²) in [6.07, 6.45) is 1.43. The van der Waals surface area contributed by atoms with Crippen molar-refractivity contribution in [1.82, 2.24) is 10.2 Å². The number of rotatable bonds is 3. The summed E-state index contributed by atoms with van der Waals surface area (Å²) >= 11 is 0. The van der Waals surface area contributed by atoms with E-state index in [9.17, 15) is 4.79 Å². The van der Waals surface area contributed by atoms with Crippen LogP contribution in [0, 0.1) is 13.8 Å². The fourth-order valence-corrected chi connectivity index (χ4v) is 3.08. The molecule has 3 rings (SSSR count). The number of carbonyl (C=O) groups excluding carboxylic acids is 1. The van der Waals surface area contributed by atoms with Gasteiger partial charge in [0.1, 0.15) is 11.9 Å². The first-order valence-corrected chi connectivity index (χ1v) is 8.33. The second kappa shape index (κ2) is 7.09. The van der Waals surface area contributed by atoms with Crippen LogP contribution in [0.1, 0.15) is 41.5 Å². The van der Waals surface area contributed by atoms with E-state index in [0.717, 1.165) is 11.3 Å². The third-order valence-corrected chi connectivity index (χ3v) is 4.67. The van der Waals surface area contributed by atoms with Gasteiger partial charge in [-0.3, -0.25) is 0 Å². The van der Waals surface area contributed by atoms with E-state index in [1.54, 1.807) is 11.2 Å². The number of benzene rings is 1. The molecule has 1 aromatic carbocycles. The van der Waals surface area contributed by atoms with Crippen LogP contribution >= 0.6 is 0 Å². The normalized spacial score (nSPS) is 19.1. The molecule has 0 radical (unpaired) electrons. The number of hydrogen-bond donors (Lipinski definition) is 1. The molecule has 2 unspecified atom stereocenters. The highest BCUT2D eigenvalue weighted by molar-refractivity contribution is 5.75. The van der Waals surface area contributed by atoms with Crippen molar-refractivity contribution in [3.8, 4) is 0 Å². The van der Waals surface area contributed by atoms with Gasteiger partial charge in [-0.15, -0.1) is 0 Å². The highest BCUT2D eigenvalue weighted by atomic mass is 16.5. The van der Waals surface area contributed by atoms with Crippen LogP contribution in [0.5, 0.6) is 0 Å². The molecule has 1 saturated heterocycles. The third-order valence-electron chi connectivity index (χ3n) is 4.67. The lowest BCUT2D eigenvalue weighted by molar-refractivity contribution is -0.0263. The molecule has 2 atom stereocenters. The van der Waals surface area contributed by atoms with E-state index in [-0.39, 0.29) is 18.2 Å². The maximum absolute atomic E-state index is 12.6. The lowest BCUT2D eigenvalue weighted by atomic mass is 9.98. The van der Waals surface area contributed by atoms with Crippen LogP contribution in [-0.4, -0.2) is 30.6 Å². The molecule has 2 aromatic rings. The minimum absolute atomic E-state index is 0.0395. The zero-order chi connectivity index (χ0) is 17.1. The summed E-state index contributed by atoms with van der Waals surface area (Å²) in [4.78, 5) is 14.4. The molecule has 1 fully saturated rings. The van der Waals surface area contributed by atoms with Gasteiger partial charge < -0.3 is 19.4 Å². The summed E-state index contributed by atoms with van der Waals surface area (Å²) in [6, 6.07) is 9.79. The number of aryl methyl sites for hydroxylation is 1. The SMILES string of the molecule is Cc1cccc(C(C)NC(=O)N2CCOC(c3ccco3)C2)c1C. The van der Waals surface area contributed by atoms with E-state index in [2.05, 4.69) is 31.3 Å². The summed E-state index contributed by atoms with van der Waals surface area (Å²) < 4.78 is 11.1. The maximum Gasteiger partial charge on any atom is 0.318 e. The Kier molecular flexibility index (Phi) is 4.90. The predicted octanol–water partition coefficient (Wildman–Crippen LogP) is 3.74. The Bertz CT molecular complexity index is 697. The number of nitrogens with one attached hydrogen (secondary N) is 1. The van der Waals surface area contributed by atoms with Gasteiger partial charge in [0, 0.05) is 6.54 Å². The Morgan fingerprint density at radius 2 is 2.12 bits per heavy atom. The number of amides is 2. The van der Waals surface area contributed by atoms with Crippen LogP contribution in [-0.2, 0) is 4.74 Å². The molecule has 0 aliphatic carbocycles. The van der Waals surface area contributed by atoms with Gasteiger partial charge >= 0.3 is 6.03 Å². The fraction of sp³-hybridized carbons (Fsp3) is 0.421. The highest BCUT2D eigenvalue weighted by Gasteiger charge is 2.27. The summed E-state index contributed by atoms with van der Waals surface area (Å²) in [5, 5.41) is 3.10. The van der Waals surface area contributed by atoms with Crippen LogP contribution in [0.2, 0.25) is 0 Å². The van der Waals surface area contributed by atoms with E-state index >= 15 is 0 Å². The van der Waals surface area contributed by atoms with Crippen molar-refractivity contribution >= 4 is 6.03 Å². The lowest BCUT2D eigenvalue weighted by Crippen LogP contribution is -2.47. The van der Waals surface area contributed by atoms with Gasteiger partial charge in [0.15, 0.2) is 0 Å². The molecule has 5 heteroatoms. The standard InChI is InChI=1S/C19H24N2O3/c1-13-6-4-7-16(14(13)2)15(3)20-19(22)21-9-11-24-18(12-21)17-8-5-10-23-17/h4-8,10,15,18H,9,11-12H2,1-3H3,(H,20,22). The minimum atomic E-state index is -0.199. The van der Waals surface area contributed by atoms with E-state index in [1.807, 2.05) is 25.1 Å². The molecule has 2 amide bonds. The number of hydrogen-bond acceptors (Lipinski definition) is 3. The van der Waals surface area contributed by atoms with Gasteiger partial charge in [0.2, 0.25) is 0 Å². The second-order valence-electron chi connectivity index (χ2n) is 6.28. The maximum atomic E-state index is 12.6. The van der Waals surface area contributed by atoms with Crippen molar-refractivity contribution in [3.63, 3.8) is 0 Å². The first-order valence-electron chi connectivity index (χ1n) is 8.33. The fourth-order valence-electron chi connectivity index (χ4n) is 3.08. The zero-order valence-electron chi connectivity index (χ0n) is 14.4. The van der Waals surface area contributed by atoms with Crippen molar-refractivity contribution < 1.29 is 13.9 Å². The van der Waals surface area contributed by atoms with Gasteiger partial charge in [-0.25, -0.2) is 4.79 Å². The molecule has 0 spiro atoms. The van der Waals surface area contributed by atoms with Crippen LogP contribution in [0.3, 0.4) is 0 Å². The molecule has 24 heavy (non-hydrogen) atoms. The Hall–Kier alpha value is -2.27. The Morgan fingerprint density at radius 3 is 2.88 bits per heavy atom. The monoisotopic (exact) mass is 328 g/mol. The average Bonchev–Trinajstić information content (AvgIpc) is 3.12. The van der Waals surface area contributed by atoms with Gasteiger partial charge in [-0.05, 0) is 49.6 Å². The smallest absolute Gasteiger partial charge is 0.318 e. The van der Waals surface area contributed by atoms with E-state index < -0.39 is 0 Å². The Labute approximate surface area is 142 Å². The number of carbonyl (C=O) groups is 1. The summed E-state index contributed by atoms with van der Waals surface area (Å²) in [5.41, 5.74) is 3.61. The van der Waals surface area contributed by atoms with Crippen molar-refractivity contribution in [3.05, 3.63) is 59.0 Å². The van der Waals surface area contributed by atoms with E-state index in [1.165, 1.54) is 11.1 Å². The first kappa shape index (κ1) is 16.6. The largest absolute Gasteiger partial charge is 0.467 e. The number of urea groups is 1. The van der Waals surface area contributed by atoms with Crippen molar-refractivity contribution in [2.45, 2.75) is 32.9 Å². The average molecular weight is 328 g/mol. The second-order valence-corrected chi connectivity index (χ2v) is 6.28. The summed E-state index contributed by atoms with van der Waals surface area (Å²) in [6.45, 7) is 7.79. The van der Waals surface area contributed by atoms with Crippen LogP contribution in [0.25, 0.3) is 0 Å².